The molecule has 0 aromatic heterocycles. The second-order valence-corrected chi connectivity index (χ2v) is 6.13. The van der Waals surface area contributed by atoms with Crippen molar-refractivity contribution in [2.75, 3.05) is 13.7 Å². The molecule has 1 heterocycles. The van der Waals surface area contributed by atoms with Gasteiger partial charge in [0, 0.05) is 12.6 Å². The molecule has 0 radical (unpaired) electrons. The van der Waals surface area contributed by atoms with Crippen molar-refractivity contribution in [3.8, 4) is 5.75 Å². The van der Waals surface area contributed by atoms with E-state index in [0.717, 1.165) is 37.1 Å². The highest BCUT2D eigenvalue weighted by molar-refractivity contribution is 5.89. The molecule has 0 bridgehead atoms. The number of carboxylic acid groups (broad SMARTS) is 1. The highest BCUT2D eigenvalue weighted by Gasteiger charge is 2.51. The molecule has 1 aromatic rings. The van der Waals surface area contributed by atoms with Crippen LogP contribution in [0.2, 0.25) is 0 Å². The molecular formula is C17H21NO4. The van der Waals surface area contributed by atoms with Gasteiger partial charge in [0.2, 0.25) is 5.91 Å². The quantitative estimate of drug-likeness (QED) is 0.903. The number of methoxy groups -OCH3 is 1. The Morgan fingerprint density at radius 3 is 2.77 bits per heavy atom. The van der Waals surface area contributed by atoms with E-state index in [0.29, 0.717) is 6.42 Å². The van der Waals surface area contributed by atoms with E-state index in [-0.39, 0.29) is 17.9 Å². The summed E-state index contributed by atoms with van der Waals surface area (Å²) in [7, 11) is 1.65. The second kappa shape index (κ2) is 5.99. The summed E-state index contributed by atoms with van der Waals surface area (Å²) in [5.41, 5.74) is 1.10. The Bertz CT molecular complexity index is 586. The van der Waals surface area contributed by atoms with Crippen molar-refractivity contribution in [3.05, 3.63) is 29.8 Å². The molecular weight excluding hydrogens is 282 g/mol. The van der Waals surface area contributed by atoms with Crippen LogP contribution < -0.4 is 4.74 Å². The molecule has 5 heteroatoms. The molecule has 5 nitrogen and oxygen atoms in total. The smallest absolute Gasteiger partial charge is 0.307 e. The maximum Gasteiger partial charge on any atom is 0.307 e. The Hall–Kier alpha value is -2.04. The van der Waals surface area contributed by atoms with Crippen molar-refractivity contribution in [1.29, 1.82) is 0 Å². The SMILES string of the molecule is COc1ccccc1C[C@@H]1CCCN1C(=O)[C@@H]1C[C@@H]1C(=O)O. The van der Waals surface area contributed by atoms with Gasteiger partial charge < -0.3 is 14.7 Å². The van der Waals surface area contributed by atoms with E-state index in [4.69, 9.17) is 9.84 Å². The minimum absolute atomic E-state index is 0.0183. The summed E-state index contributed by atoms with van der Waals surface area (Å²) in [6.07, 6.45) is 3.20. The van der Waals surface area contributed by atoms with E-state index in [1.165, 1.54) is 0 Å². The monoisotopic (exact) mass is 303 g/mol. The Labute approximate surface area is 129 Å². The number of ether oxygens (including phenoxy) is 1. The normalized spacial score (nSPS) is 26.8. The molecule has 1 aliphatic heterocycles. The van der Waals surface area contributed by atoms with Crippen LogP contribution in [0.4, 0.5) is 0 Å². The average Bonchev–Trinajstić information content (AvgIpc) is 3.20. The average molecular weight is 303 g/mol. The van der Waals surface area contributed by atoms with Crippen LogP contribution in [0.3, 0.4) is 0 Å². The molecule has 3 atom stereocenters. The van der Waals surface area contributed by atoms with E-state index in [9.17, 15) is 9.59 Å². The van der Waals surface area contributed by atoms with Crippen LogP contribution in [0.1, 0.15) is 24.8 Å². The van der Waals surface area contributed by atoms with Crippen LogP contribution >= 0.6 is 0 Å². The summed E-state index contributed by atoms with van der Waals surface area (Å²) in [5, 5.41) is 9.00. The van der Waals surface area contributed by atoms with Crippen LogP contribution in [0.5, 0.6) is 5.75 Å². The first-order valence-electron chi connectivity index (χ1n) is 7.77. The van der Waals surface area contributed by atoms with Gasteiger partial charge in [0.1, 0.15) is 5.75 Å². The molecule has 1 N–H and O–H groups in total. The number of amides is 1. The van der Waals surface area contributed by atoms with Gasteiger partial charge in [-0.05, 0) is 37.3 Å². The van der Waals surface area contributed by atoms with E-state index in [2.05, 4.69) is 0 Å². The van der Waals surface area contributed by atoms with Gasteiger partial charge in [-0.1, -0.05) is 18.2 Å². The van der Waals surface area contributed by atoms with E-state index < -0.39 is 11.9 Å². The predicted molar refractivity (Wildman–Crippen MR) is 80.7 cm³/mol. The van der Waals surface area contributed by atoms with Crippen LogP contribution in [0.15, 0.2) is 24.3 Å². The molecule has 22 heavy (non-hydrogen) atoms. The Morgan fingerprint density at radius 1 is 1.32 bits per heavy atom. The van der Waals surface area contributed by atoms with Gasteiger partial charge in [-0.25, -0.2) is 0 Å². The maximum absolute atomic E-state index is 12.5. The predicted octanol–water partition coefficient (Wildman–Crippen LogP) is 1.95. The van der Waals surface area contributed by atoms with Crippen molar-refractivity contribution in [3.63, 3.8) is 0 Å². The molecule has 1 saturated carbocycles. The summed E-state index contributed by atoms with van der Waals surface area (Å²) < 4.78 is 5.38. The number of hydrogen-bond donors (Lipinski definition) is 1. The summed E-state index contributed by atoms with van der Waals surface area (Å²) in [6, 6.07) is 8.01. The zero-order valence-electron chi connectivity index (χ0n) is 12.7. The van der Waals surface area contributed by atoms with E-state index >= 15 is 0 Å². The van der Waals surface area contributed by atoms with Gasteiger partial charge >= 0.3 is 5.97 Å². The number of likely N-dealkylation sites (tertiary alicyclic amines) is 1. The third-order valence-corrected chi connectivity index (χ3v) is 4.73. The molecule has 2 aliphatic rings. The van der Waals surface area contributed by atoms with Crippen LogP contribution in [0.25, 0.3) is 0 Å². The number of para-hydroxylation sites is 1. The summed E-state index contributed by atoms with van der Waals surface area (Å²) in [6.45, 7) is 0.738. The van der Waals surface area contributed by atoms with Crippen molar-refractivity contribution in [2.24, 2.45) is 11.8 Å². The van der Waals surface area contributed by atoms with Crippen molar-refractivity contribution < 1.29 is 19.4 Å². The molecule has 3 rings (SSSR count). The fourth-order valence-corrected chi connectivity index (χ4v) is 3.42. The molecule has 0 unspecified atom stereocenters. The van der Waals surface area contributed by atoms with E-state index in [1.54, 1.807) is 7.11 Å². The van der Waals surface area contributed by atoms with Crippen molar-refractivity contribution in [1.82, 2.24) is 4.90 Å². The molecule has 1 amide bonds. The Balaban J connectivity index is 1.69. The second-order valence-electron chi connectivity index (χ2n) is 6.13. The fourth-order valence-electron chi connectivity index (χ4n) is 3.42. The highest BCUT2D eigenvalue weighted by atomic mass is 16.5. The van der Waals surface area contributed by atoms with Gasteiger partial charge in [0.25, 0.3) is 0 Å². The summed E-state index contributed by atoms with van der Waals surface area (Å²) >= 11 is 0. The van der Waals surface area contributed by atoms with Gasteiger partial charge in [-0.2, -0.15) is 0 Å². The number of rotatable bonds is 5. The van der Waals surface area contributed by atoms with Gasteiger partial charge in [-0.15, -0.1) is 0 Å². The number of carbonyl (C=O) groups excluding carboxylic acids is 1. The lowest BCUT2D eigenvalue weighted by Crippen LogP contribution is -2.38. The standard InChI is InChI=1S/C17H21NO4/c1-22-15-7-3-2-5-11(15)9-12-6-4-8-18(12)16(19)13-10-14(13)17(20)21/h2-3,5,7,12-14H,4,6,8-10H2,1H3,(H,20,21)/t12-,13+,14-/m0/s1. The minimum atomic E-state index is -0.848. The number of carboxylic acids is 1. The number of nitrogens with zero attached hydrogens (tertiary/aromatic N) is 1. The lowest BCUT2D eigenvalue weighted by Gasteiger charge is -2.25. The first-order chi connectivity index (χ1) is 10.6. The van der Waals surface area contributed by atoms with E-state index in [1.807, 2.05) is 29.2 Å². The summed E-state index contributed by atoms with van der Waals surface area (Å²) in [4.78, 5) is 25.4. The van der Waals surface area contributed by atoms with Gasteiger partial charge in [-0.3, -0.25) is 9.59 Å². The number of carbonyl (C=O) groups is 2. The molecule has 2 fully saturated rings. The first kappa shape index (κ1) is 14.9. The van der Waals surface area contributed by atoms with Crippen LogP contribution in [-0.2, 0) is 16.0 Å². The van der Waals surface area contributed by atoms with Crippen molar-refractivity contribution >= 4 is 11.9 Å². The molecule has 1 aromatic carbocycles. The molecule has 1 saturated heterocycles. The highest BCUT2D eigenvalue weighted by Crippen LogP contribution is 2.41. The zero-order chi connectivity index (χ0) is 15.7. The molecule has 118 valence electrons. The largest absolute Gasteiger partial charge is 0.496 e. The third kappa shape index (κ3) is 2.80. The van der Waals surface area contributed by atoms with Gasteiger partial charge in [0.15, 0.2) is 0 Å². The lowest BCUT2D eigenvalue weighted by molar-refractivity contribution is -0.142. The molecule has 0 spiro atoms. The number of benzene rings is 1. The topological polar surface area (TPSA) is 66.8 Å². The number of hydrogen-bond acceptors (Lipinski definition) is 3. The fraction of sp³-hybridized carbons (Fsp3) is 0.529. The van der Waals surface area contributed by atoms with Gasteiger partial charge in [0.05, 0.1) is 18.9 Å². The lowest BCUT2D eigenvalue weighted by atomic mass is 10.0. The number of aliphatic carboxylic acids is 1. The van der Waals surface area contributed by atoms with Crippen molar-refractivity contribution in [2.45, 2.75) is 31.7 Å². The zero-order valence-corrected chi connectivity index (χ0v) is 12.7. The maximum atomic E-state index is 12.5. The third-order valence-electron chi connectivity index (χ3n) is 4.73. The summed E-state index contributed by atoms with van der Waals surface area (Å²) in [5.74, 6) is -0.768. The molecule has 1 aliphatic carbocycles. The Kier molecular flexibility index (Phi) is 4.05. The van der Waals surface area contributed by atoms with Crippen LogP contribution in [0, 0.1) is 11.8 Å². The minimum Gasteiger partial charge on any atom is -0.496 e. The Morgan fingerprint density at radius 2 is 2.09 bits per heavy atom. The van der Waals surface area contributed by atoms with Crippen LogP contribution in [-0.4, -0.2) is 41.6 Å². The first-order valence-corrected chi connectivity index (χ1v) is 7.77.